The van der Waals surface area contributed by atoms with Gasteiger partial charge in [-0.2, -0.15) is 0 Å². The number of rotatable bonds is 0. The van der Waals surface area contributed by atoms with Gasteiger partial charge in [0.15, 0.2) is 4.75 Å². The van der Waals surface area contributed by atoms with Crippen LogP contribution in [0, 0.1) is 5.82 Å². The van der Waals surface area contributed by atoms with Gasteiger partial charge in [-0.3, -0.25) is 19.9 Å². The molecule has 2 aliphatic rings. The maximum absolute atomic E-state index is 13.6. The minimum Gasteiger partial charge on any atom is -0.285 e. The Labute approximate surface area is 117 Å². The van der Waals surface area contributed by atoms with Crippen LogP contribution in [0.2, 0.25) is 0 Å². The quantitative estimate of drug-likeness (QED) is 0.808. The van der Waals surface area contributed by atoms with E-state index in [2.05, 4.69) is 10.3 Å². The zero-order chi connectivity index (χ0) is 13.9. The number of amides is 2. The molecule has 4 nitrogen and oxygen atoms in total. The molecular formula is C14H7FN2O2S. The number of hydrogen-bond donors (Lipinski definition) is 1. The summed E-state index contributed by atoms with van der Waals surface area (Å²) < 4.78 is 12.4. The van der Waals surface area contributed by atoms with Crippen molar-refractivity contribution in [2.45, 2.75) is 4.75 Å². The van der Waals surface area contributed by atoms with Crippen LogP contribution in [0.3, 0.4) is 0 Å². The number of fused-ring (bicyclic) bond motifs is 5. The summed E-state index contributed by atoms with van der Waals surface area (Å²) in [7, 11) is 0. The number of aromatic nitrogens is 1. The molecular weight excluding hydrogens is 279 g/mol. The van der Waals surface area contributed by atoms with Gasteiger partial charge in [-0.15, -0.1) is 0 Å². The van der Waals surface area contributed by atoms with Crippen molar-refractivity contribution in [2.24, 2.45) is 0 Å². The fourth-order valence-corrected chi connectivity index (χ4v) is 3.96. The Kier molecular flexibility index (Phi) is 2.13. The van der Waals surface area contributed by atoms with Crippen LogP contribution in [0.4, 0.5) is 9.18 Å². The van der Waals surface area contributed by atoms with Gasteiger partial charge < -0.3 is 0 Å². The van der Waals surface area contributed by atoms with Gasteiger partial charge in [0.25, 0.3) is 11.1 Å². The lowest BCUT2D eigenvalue weighted by Crippen LogP contribution is -2.33. The highest BCUT2D eigenvalue weighted by Crippen LogP contribution is 2.57. The van der Waals surface area contributed by atoms with Crippen molar-refractivity contribution in [3.63, 3.8) is 0 Å². The Balaban J connectivity index is 2.12. The molecule has 1 aliphatic carbocycles. The van der Waals surface area contributed by atoms with E-state index in [1.54, 1.807) is 24.5 Å². The van der Waals surface area contributed by atoms with E-state index in [4.69, 9.17) is 0 Å². The number of halogens is 1. The Bertz CT molecular complexity index is 792. The van der Waals surface area contributed by atoms with Crippen molar-refractivity contribution in [1.82, 2.24) is 10.3 Å². The molecule has 1 saturated heterocycles. The zero-order valence-corrected chi connectivity index (χ0v) is 10.8. The Morgan fingerprint density at radius 3 is 2.70 bits per heavy atom. The Morgan fingerprint density at radius 1 is 1.15 bits per heavy atom. The summed E-state index contributed by atoms with van der Waals surface area (Å²) in [4.78, 5) is 28.0. The van der Waals surface area contributed by atoms with Gasteiger partial charge in [0.1, 0.15) is 5.82 Å². The van der Waals surface area contributed by atoms with Crippen molar-refractivity contribution < 1.29 is 14.0 Å². The normalized spacial score (nSPS) is 22.9. The number of imide groups is 1. The number of pyridine rings is 1. The lowest BCUT2D eigenvalue weighted by Gasteiger charge is -2.20. The summed E-state index contributed by atoms with van der Waals surface area (Å²) in [6, 6.07) is 6.08. The van der Waals surface area contributed by atoms with E-state index in [-0.39, 0.29) is 0 Å². The molecule has 4 rings (SSSR count). The second-order valence-corrected chi connectivity index (χ2v) is 5.82. The van der Waals surface area contributed by atoms with E-state index in [9.17, 15) is 14.0 Å². The number of nitrogens with one attached hydrogen (secondary N) is 1. The third-order valence-corrected chi connectivity index (χ3v) is 4.85. The first-order valence-corrected chi connectivity index (χ1v) is 6.74. The van der Waals surface area contributed by atoms with E-state index < -0.39 is 21.7 Å². The number of carbonyl (C=O) groups is 2. The molecule has 98 valence electrons. The minimum atomic E-state index is -1.21. The van der Waals surface area contributed by atoms with Crippen LogP contribution >= 0.6 is 11.8 Å². The molecule has 1 aliphatic heterocycles. The average Bonchev–Trinajstić information content (AvgIpc) is 2.88. The van der Waals surface area contributed by atoms with Crippen molar-refractivity contribution in [3.05, 3.63) is 53.6 Å². The van der Waals surface area contributed by atoms with Crippen LogP contribution in [0.15, 0.2) is 36.7 Å². The van der Waals surface area contributed by atoms with E-state index in [1.807, 2.05) is 0 Å². The number of benzene rings is 1. The van der Waals surface area contributed by atoms with Crippen LogP contribution in [-0.4, -0.2) is 16.1 Å². The lowest BCUT2D eigenvalue weighted by molar-refractivity contribution is -0.120. The Morgan fingerprint density at radius 2 is 1.95 bits per heavy atom. The second kappa shape index (κ2) is 3.67. The van der Waals surface area contributed by atoms with Crippen molar-refractivity contribution >= 4 is 22.9 Å². The molecule has 0 bridgehead atoms. The van der Waals surface area contributed by atoms with Gasteiger partial charge >= 0.3 is 0 Å². The minimum absolute atomic E-state index is 0.429. The van der Waals surface area contributed by atoms with E-state index in [1.165, 1.54) is 12.1 Å². The summed E-state index contributed by atoms with van der Waals surface area (Å²) in [6.07, 6.45) is 3.18. The summed E-state index contributed by atoms with van der Waals surface area (Å²) in [6.45, 7) is 0. The smallest absolute Gasteiger partial charge is 0.285 e. The predicted octanol–water partition coefficient (Wildman–Crippen LogP) is 2.43. The van der Waals surface area contributed by atoms with E-state index >= 15 is 0 Å². The summed E-state index contributed by atoms with van der Waals surface area (Å²) in [5.74, 6) is -0.872. The average molecular weight is 286 g/mol. The molecule has 2 amide bonds. The number of hydrogen-bond acceptors (Lipinski definition) is 4. The first kappa shape index (κ1) is 11.6. The summed E-state index contributed by atoms with van der Waals surface area (Å²) in [5.41, 5.74) is 2.72. The topological polar surface area (TPSA) is 59.1 Å². The van der Waals surface area contributed by atoms with Crippen molar-refractivity contribution in [3.8, 4) is 11.1 Å². The highest BCUT2D eigenvalue weighted by molar-refractivity contribution is 8.15. The summed E-state index contributed by atoms with van der Waals surface area (Å²) >= 11 is 0.871. The van der Waals surface area contributed by atoms with Gasteiger partial charge in [0.05, 0.1) is 0 Å². The first-order chi connectivity index (χ1) is 9.63. The second-order valence-electron chi connectivity index (χ2n) is 4.64. The highest BCUT2D eigenvalue weighted by Gasteiger charge is 2.56. The molecule has 0 radical (unpaired) electrons. The SMILES string of the molecule is O=C1NC(=O)C2(S1)c1cnccc1-c1ccc(F)cc12. The fraction of sp³-hybridized carbons (Fsp3) is 0.0714. The van der Waals surface area contributed by atoms with Crippen LogP contribution in [0.5, 0.6) is 0 Å². The van der Waals surface area contributed by atoms with Crippen molar-refractivity contribution in [1.29, 1.82) is 0 Å². The molecule has 20 heavy (non-hydrogen) atoms. The molecule has 2 heterocycles. The summed E-state index contributed by atoms with van der Waals surface area (Å²) in [5, 5.41) is 1.86. The largest absolute Gasteiger partial charge is 0.287 e. The molecule has 0 saturated carbocycles. The van der Waals surface area contributed by atoms with Gasteiger partial charge in [0.2, 0.25) is 0 Å². The van der Waals surface area contributed by atoms with Gasteiger partial charge in [-0.25, -0.2) is 4.39 Å². The van der Waals surface area contributed by atoms with Gasteiger partial charge in [-0.1, -0.05) is 6.07 Å². The molecule has 1 aromatic carbocycles. The third kappa shape index (κ3) is 1.24. The maximum Gasteiger partial charge on any atom is 0.287 e. The van der Waals surface area contributed by atoms with Crippen molar-refractivity contribution in [2.75, 3.05) is 0 Å². The lowest BCUT2D eigenvalue weighted by atomic mass is 9.96. The number of thioether (sulfide) groups is 1. The van der Waals surface area contributed by atoms with Crippen LogP contribution < -0.4 is 5.32 Å². The molecule has 1 aromatic heterocycles. The van der Waals surface area contributed by atoms with Crippen LogP contribution in [0.1, 0.15) is 11.1 Å². The fourth-order valence-electron chi connectivity index (χ4n) is 2.84. The number of nitrogens with zero attached hydrogens (tertiary/aromatic N) is 1. The maximum atomic E-state index is 13.6. The van der Waals surface area contributed by atoms with Gasteiger partial charge in [0, 0.05) is 18.0 Å². The first-order valence-electron chi connectivity index (χ1n) is 5.92. The predicted molar refractivity (Wildman–Crippen MR) is 71.5 cm³/mol. The van der Waals surface area contributed by atoms with E-state index in [0.29, 0.717) is 11.1 Å². The molecule has 1 atom stereocenters. The van der Waals surface area contributed by atoms with E-state index in [0.717, 1.165) is 22.9 Å². The van der Waals surface area contributed by atoms with Gasteiger partial charge in [-0.05, 0) is 46.7 Å². The molecule has 1 unspecified atom stereocenters. The van der Waals surface area contributed by atoms with Crippen LogP contribution in [0.25, 0.3) is 11.1 Å². The molecule has 6 heteroatoms. The molecule has 1 spiro atoms. The molecule has 1 N–H and O–H groups in total. The standard InChI is InChI=1S/C14H7FN2O2S/c15-7-1-2-8-9-3-4-16-6-11(9)14(10(8)5-7)12(18)17-13(19)20-14/h1-6H,(H,17,18,19). The highest BCUT2D eigenvalue weighted by atomic mass is 32.2. The number of carbonyl (C=O) groups excluding carboxylic acids is 2. The Hall–Kier alpha value is -2.21. The zero-order valence-electron chi connectivity index (χ0n) is 10.0. The third-order valence-electron chi connectivity index (χ3n) is 3.63. The molecule has 2 aromatic rings. The van der Waals surface area contributed by atoms with Crippen LogP contribution in [-0.2, 0) is 9.54 Å². The molecule has 1 fully saturated rings. The monoisotopic (exact) mass is 286 g/mol.